The molecule has 1 aromatic carbocycles. The van der Waals surface area contributed by atoms with Crippen molar-refractivity contribution < 1.29 is 4.74 Å². The Morgan fingerprint density at radius 3 is 3.08 bits per heavy atom. The molecule has 2 rings (SSSR count). The number of hydrogen-bond acceptors (Lipinski definition) is 2. The van der Waals surface area contributed by atoms with Gasteiger partial charge in [-0.1, -0.05) is 17.7 Å². The third-order valence-electron chi connectivity index (χ3n) is 2.16. The highest BCUT2D eigenvalue weighted by Crippen LogP contribution is 2.40. The minimum absolute atomic E-state index is 0.0503. The molecule has 0 unspecified atom stereocenters. The molecule has 0 amide bonds. The summed E-state index contributed by atoms with van der Waals surface area (Å²) in [5.74, 6) is 0.731. The van der Waals surface area contributed by atoms with Crippen molar-refractivity contribution in [2.45, 2.75) is 12.5 Å². The molecule has 1 aromatic rings. The van der Waals surface area contributed by atoms with E-state index in [1.54, 1.807) is 0 Å². The maximum absolute atomic E-state index is 6.05. The number of nitrogens with two attached hydrogens (primary N) is 1. The van der Waals surface area contributed by atoms with Crippen molar-refractivity contribution in [2.24, 2.45) is 5.73 Å². The molecule has 0 radical (unpaired) electrons. The quantitative estimate of drug-likeness (QED) is 0.780. The van der Waals surface area contributed by atoms with Crippen LogP contribution < -0.4 is 10.5 Å². The van der Waals surface area contributed by atoms with Gasteiger partial charge in [-0.05, 0) is 22.0 Å². The van der Waals surface area contributed by atoms with Crippen molar-refractivity contribution in [1.82, 2.24) is 0 Å². The predicted molar refractivity (Wildman–Crippen MR) is 56.2 cm³/mol. The van der Waals surface area contributed by atoms with Crippen LogP contribution in [0.3, 0.4) is 0 Å². The summed E-state index contributed by atoms with van der Waals surface area (Å²) in [6.07, 6.45) is 0.852. The number of fused-ring (bicyclic) bond motifs is 1. The van der Waals surface area contributed by atoms with Gasteiger partial charge >= 0.3 is 0 Å². The first-order valence-corrected chi connectivity index (χ1v) is 5.23. The highest BCUT2D eigenvalue weighted by Gasteiger charge is 2.21. The number of benzene rings is 1. The van der Waals surface area contributed by atoms with Gasteiger partial charge in [0, 0.05) is 22.5 Å². The summed E-state index contributed by atoms with van der Waals surface area (Å²) in [4.78, 5) is 0. The zero-order chi connectivity index (χ0) is 9.42. The second-order valence-electron chi connectivity index (χ2n) is 3.02. The fourth-order valence-electron chi connectivity index (χ4n) is 1.43. The molecular formula is C9H9BrClNO. The lowest BCUT2D eigenvalue weighted by Gasteiger charge is -2.23. The summed E-state index contributed by atoms with van der Waals surface area (Å²) < 4.78 is 6.31. The SMILES string of the molecule is N[C@H]1CCOc2c1ccc(Br)c2Cl. The fourth-order valence-corrected chi connectivity index (χ4v) is 1.97. The largest absolute Gasteiger partial charge is 0.492 e. The van der Waals surface area contributed by atoms with Gasteiger partial charge in [-0.3, -0.25) is 0 Å². The van der Waals surface area contributed by atoms with Gasteiger partial charge in [0.2, 0.25) is 0 Å². The molecule has 0 saturated heterocycles. The molecule has 0 aliphatic carbocycles. The molecule has 70 valence electrons. The Balaban J connectivity index is 2.56. The average molecular weight is 263 g/mol. The third kappa shape index (κ3) is 1.56. The Labute approximate surface area is 90.1 Å². The van der Waals surface area contributed by atoms with E-state index < -0.39 is 0 Å². The Morgan fingerprint density at radius 1 is 1.54 bits per heavy atom. The van der Waals surface area contributed by atoms with Gasteiger partial charge < -0.3 is 10.5 Å². The standard InChI is InChI=1S/C9H9BrClNO/c10-6-2-1-5-7(12)3-4-13-9(5)8(6)11/h1-2,7H,3-4,12H2/t7-/m0/s1. The van der Waals surface area contributed by atoms with E-state index in [1.165, 1.54) is 0 Å². The number of ether oxygens (including phenoxy) is 1. The summed E-state index contributed by atoms with van der Waals surface area (Å²) in [5.41, 5.74) is 6.91. The van der Waals surface area contributed by atoms with Crippen LogP contribution in [0.25, 0.3) is 0 Å². The third-order valence-corrected chi connectivity index (χ3v) is 3.42. The van der Waals surface area contributed by atoms with E-state index in [1.807, 2.05) is 12.1 Å². The molecule has 1 aliphatic heterocycles. The maximum Gasteiger partial charge on any atom is 0.143 e. The summed E-state index contributed by atoms with van der Waals surface area (Å²) in [6.45, 7) is 0.643. The van der Waals surface area contributed by atoms with Crippen molar-refractivity contribution >= 4 is 27.5 Å². The minimum Gasteiger partial charge on any atom is -0.492 e. The zero-order valence-electron chi connectivity index (χ0n) is 6.89. The number of hydrogen-bond donors (Lipinski definition) is 1. The highest BCUT2D eigenvalue weighted by molar-refractivity contribution is 9.10. The van der Waals surface area contributed by atoms with Gasteiger partial charge in [-0.2, -0.15) is 0 Å². The minimum atomic E-state index is 0.0503. The summed E-state index contributed by atoms with van der Waals surface area (Å²) in [6, 6.07) is 3.90. The van der Waals surface area contributed by atoms with E-state index in [0.717, 1.165) is 22.2 Å². The molecule has 13 heavy (non-hydrogen) atoms. The van der Waals surface area contributed by atoms with Crippen LogP contribution in [0.1, 0.15) is 18.0 Å². The normalized spacial score (nSPS) is 20.7. The van der Waals surface area contributed by atoms with Crippen molar-refractivity contribution in [2.75, 3.05) is 6.61 Å². The van der Waals surface area contributed by atoms with Gasteiger partial charge in [0.05, 0.1) is 11.6 Å². The summed E-state index contributed by atoms with van der Waals surface area (Å²) in [5, 5.41) is 0.618. The van der Waals surface area contributed by atoms with E-state index in [4.69, 9.17) is 22.1 Å². The van der Waals surface area contributed by atoms with E-state index in [0.29, 0.717) is 11.6 Å². The monoisotopic (exact) mass is 261 g/mol. The maximum atomic E-state index is 6.05. The molecule has 0 spiro atoms. The van der Waals surface area contributed by atoms with E-state index in [2.05, 4.69) is 15.9 Å². The average Bonchev–Trinajstić information content (AvgIpc) is 2.12. The lowest BCUT2D eigenvalue weighted by atomic mass is 10.0. The number of halogens is 2. The molecule has 1 atom stereocenters. The van der Waals surface area contributed by atoms with Gasteiger partial charge in [0.25, 0.3) is 0 Å². The first-order chi connectivity index (χ1) is 6.20. The topological polar surface area (TPSA) is 35.2 Å². The molecule has 0 bridgehead atoms. The molecule has 2 N–H and O–H groups in total. The molecule has 1 heterocycles. The van der Waals surface area contributed by atoms with Crippen molar-refractivity contribution in [3.63, 3.8) is 0 Å². The van der Waals surface area contributed by atoms with Crippen LogP contribution in [0, 0.1) is 0 Å². The van der Waals surface area contributed by atoms with Gasteiger partial charge in [0.1, 0.15) is 5.75 Å². The Bertz CT molecular complexity index is 343. The van der Waals surface area contributed by atoms with Crippen LogP contribution in [0.2, 0.25) is 5.02 Å². The molecule has 0 fully saturated rings. The van der Waals surface area contributed by atoms with Crippen LogP contribution in [-0.4, -0.2) is 6.61 Å². The smallest absolute Gasteiger partial charge is 0.143 e. The molecule has 0 saturated carbocycles. The highest BCUT2D eigenvalue weighted by atomic mass is 79.9. The van der Waals surface area contributed by atoms with Crippen LogP contribution in [0.4, 0.5) is 0 Å². The summed E-state index contributed by atoms with van der Waals surface area (Å²) >= 11 is 9.39. The van der Waals surface area contributed by atoms with E-state index >= 15 is 0 Å². The molecule has 1 aliphatic rings. The molecular weight excluding hydrogens is 253 g/mol. The first kappa shape index (κ1) is 9.31. The van der Waals surface area contributed by atoms with E-state index in [9.17, 15) is 0 Å². The molecule has 4 heteroatoms. The van der Waals surface area contributed by atoms with Crippen LogP contribution in [0.15, 0.2) is 16.6 Å². The Morgan fingerprint density at radius 2 is 2.31 bits per heavy atom. The van der Waals surface area contributed by atoms with Crippen molar-refractivity contribution in [3.05, 3.63) is 27.2 Å². The van der Waals surface area contributed by atoms with Gasteiger partial charge in [-0.25, -0.2) is 0 Å². The Hall–Kier alpha value is -0.250. The zero-order valence-corrected chi connectivity index (χ0v) is 9.23. The van der Waals surface area contributed by atoms with Gasteiger partial charge in [0.15, 0.2) is 0 Å². The lowest BCUT2D eigenvalue weighted by molar-refractivity contribution is 0.269. The second kappa shape index (κ2) is 3.48. The van der Waals surface area contributed by atoms with Crippen molar-refractivity contribution in [1.29, 1.82) is 0 Å². The van der Waals surface area contributed by atoms with Gasteiger partial charge in [-0.15, -0.1) is 0 Å². The van der Waals surface area contributed by atoms with Crippen LogP contribution >= 0.6 is 27.5 Å². The van der Waals surface area contributed by atoms with Crippen molar-refractivity contribution in [3.8, 4) is 5.75 Å². The lowest BCUT2D eigenvalue weighted by Crippen LogP contribution is -2.20. The number of rotatable bonds is 0. The Kier molecular flexibility index (Phi) is 2.49. The van der Waals surface area contributed by atoms with Crippen LogP contribution in [-0.2, 0) is 0 Å². The second-order valence-corrected chi connectivity index (χ2v) is 4.26. The van der Waals surface area contributed by atoms with Crippen LogP contribution in [0.5, 0.6) is 5.75 Å². The summed E-state index contributed by atoms with van der Waals surface area (Å²) in [7, 11) is 0. The first-order valence-electron chi connectivity index (χ1n) is 4.06. The molecule has 2 nitrogen and oxygen atoms in total. The predicted octanol–water partition coefficient (Wildman–Crippen LogP) is 2.88. The van der Waals surface area contributed by atoms with E-state index in [-0.39, 0.29) is 6.04 Å². The fraction of sp³-hybridized carbons (Fsp3) is 0.333. The molecule has 0 aromatic heterocycles.